The van der Waals surface area contributed by atoms with Gasteiger partial charge in [-0.3, -0.25) is 0 Å². The number of rotatable bonds is 8. The molecular formula is C21H26N2O3. The smallest absolute Gasteiger partial charge is 0.338 e. The minimum absolute atomic E-state index is 0.0518. The molecule has 5 heteroatoms. The van der Waals surface area contributed by atoms with Crippen molar-refractivity contribution in [3.8, 4) is 0 Å². The predicted octanol–water partition coefficient (Wildman–Crippen LogP) is 4.92. The van der Waals surface area contributed by atoms with E-state index in [0.717, 1.165) is 24.8 Å². The van der Waals surface area contributed by atoms with Crippen LogP contribution in [0.25, 0.3) is 0 Å². The summed E-state index contributed by atoms with van der Waals surface area (Å²) >= 11 is 0. The molecule has 0 aliphatic rings. The molecule has 2 amide bonds. The lowest BCUT2D eigenvalue weighted by Gasteiger charge is -2.18. The summed E-state index contributed by atoms with van der Waals surface area (Å²) in [6.07, 6.45) is 2.62. The number of urea groups is 1. The van der Waals surface area contributed by atoms with E-state index in [-0.39, 0.29) is 18.0 Å². The largest absolute Gasteiger partial charge is 0.462 e. The summed E-state index contributed by atoms with van der Waals surface area (Å²) in [5, 5.41) is 5.75. The number of benzene rings is 2. The third-order valence-electron chi connectivity index (χ3n) is 4.03. The summed E-state index contributed by atoms with van der Waals surface area (Å²) in [6.45, 7) is 4.49. The van der Waals surface area contributed by atoms with Gasteiger partial charge in [0.25, 0.3) is 0 Å². The van der Waals surface area contributed by atoms with Crippen LogP contribution in [0.3, 0.4) is 0 Å². The van der Waals surface area contributed by atoms with Crippen molar-refractivity contribution in [3.05, 3.63) is 65.7 Å². The van der Waals surface area contributed by atoms with Gasteiger partial charge >= 0.3 is 12.0 Å². The number of hydrogen-bond acceptors (Lipinski definition) is 3. The summed E-state index contributed by atoms with van der Waals surface area (Å²) in [5.41, 5.74) is 2.16. The van der Waals surface area contributed by atoms with Crippen molar-refractivity contribution in [2.24, 2.45) is 0 Å². The molecule has 1 atom stereocenters. The topological polar surface area (TPSA) is 67.4 Å². The maximum absolute atomic E-state index is 12.2. The van der Waals surface area contributed by atoms with E-state index in [4.69, 9.17) is 4.74 Å². The van der Waals surface area contributed by atoms with E-state index in [9.17, 15) is 9.59 Å². The van der Waals surface area contributed by atoms with E-state index in [0.29, 0.717) is 17.9 Å². The van der Waals surface area contributed by atoms with Crippen LogP contribution in [-0.2, 0) is 4.74 Å². The zero-order valence-electron chi connectivity index (χ0n) is 15.3. The Morgan fingerprint density at radius 3 is 2.31 bits per heavy atom. The summed E-state index contributed by atoms with van der Waals surface area (Å²) < 4.78 is 5.17. The van der Waals surface area contributed by atoms with E-state index in [1.165, 1.54) is 0 Å². The van der Waals surface area contributed by atoms with Crippen molar-refractivity contribution in [1.29, 1.82) is 0 Å². The summed E-state index contributed by atoms with van der Waals surface area (Å²) in [4.78, 5) is 24.1. The Labute approximate surface area is 154 Å². The summed E-state index contributed by atoms with van der Waals surface area (Å²) in [5.74, 6) is -0.343. The lowest BCUT2D eigenvalue weighted by Crippen LogP contribution is -2.32. The maximum atomic E-state index is 12.2. The zero-order chi connectivity index (χ0) is 18.8. The molecule has 1 unspecified atom stereocenters. The van der Waals surface area contributed by atoms with Crippen LogP contribution < -0.4 is 10.6 Å². The number of anilines is 1. The quantitative estimate of drug-likeness (QED) is 0.522. The zero-order valence-corrected chi connectivity index (χ0v) is 15.3. The van der Waals surface area contributed by atoms with E-state index in [2.05, 4.69) is 10.6 Å². The summed E-state index contributed by atoms with van der Waals surface area (Å²) in [6, 6.07) is 16.2. The van der Waals surface area contributed by atoms with Crippen LogP contribution >= 0.6 is 0 Å². The van der Waals surface area contributed by atoms with E-state index in [1.54, 1.807) is 24.3 Å². The van der Waals surface area contributed by atoms with Crippen molar-refractivity contribution in [2.45, 2.75) is 39.2 Å². The molecule has 2 aromatic carbocycles. The molecule has 2 rings (SSSR count). The van der Waals surface area contributed by atoms with E-state index < -0.39 is 0 Å². The van der Waals surface area contributed by atoms with Crippen LogP contribution in [0.1, 0.15) is 55.1 Å². The molecule has 0 heterocycles. The molecule has 5 nitrogen and oxygen atoms in total. The maximum Gasteiger partial charge on any atom is 0.338 e. The Kier molecular flexibility index (Phi) is 7.68. The van der Waals surface area contributed by atoms with Gasteiger partial charge in [0.05, 0.1) is 18.2 Å². The van der Waals surface area contributed by atoms with Gasteiger partial charge in [0.2, 0.25) is 0 Å². The third-order valence-corrected chi connectivity index (χ3v) is 4.03. The van der Waals surface area contributed by atoms with Gasteiger partial charge in [-0.1, -0.05) is 50.6 Å². The molecule has 0 fully saturated rings. The molecule has 2 aromatic rings. The van der Waals surface area contributed by atoms with Crippen LogP contribution in [-0.4, -0.2) is 18.6 Å². The highest BCUT2D eigenvalue weighted by molar-refractivity contribution is 5.92. The van der Waals surface area contributed by atoms with Crippen LogP contribution in [0.2, 0.25) is 0 Å². The van der Waals surface area contributed by atoms with E-state index in [1.807, 2.05) is 44.2 Å². The molecule has 2 N–H and O–H groups in total. The lowest BCUT2D eigenvalue weighted by atomic mass is 10.1. The molecule has 0 saturated heterocycles. The predicted molar refractivity (Wildman–Crippen MR) is 103 cm³/mol. The first-order valence-electron chi connectivity index (χ1n) is 9.03. The Balaban J connectivity index is 1.89. The first kappa shape index (κ1) is 19.5. The first-order valence-corrected chi connectivity index (χ1v) is 9.03. The van der Waals surface area contributed by atoms with Gasteiger partial charge in [-0.15, -0.1) is 0 Å². The van der Waals surface area contributed by atoms with Crippen LogP contribution in [0, 0.1) is 0 Å². The van der Waals surface area contributed by atoms with Gasteiger partial charge in [0, 0.05) is 5.69 Å². The minimum Gasteiger partial charge on any atom is -0.462 e. The fourth-order valence-corrected chi connectivity index (χ4v) is 2.51. The lowest BCUT2D eigenvalue weighted by molar-refractivity contribution is 0.0500. The fraction of sp³-hybridized carbons (Fsp3) is 0.333. The van der Waals surface area contributed by atoms with Crippen molar-refractivity contribution in [3.63, 3.8) is 0 Å². The number of esters is 1. The second kappa shape index (κ2) is 10.2. The molecule has 0 aliphatic heterocycles. The van der Waals surface area contributed by atoms with Crippen LogP contribution in [0.4, 0.5) is 10.5 Å². The van der Waals surface area contributed by atoms with Crippen LogP contribution in [0.5, 0.6) is 0 Å². The van der Waals surface area contributed by atoms with Crippen molar-refractivity contribution < 1.29 is 14.3 Å². The van der Waals surface area contributed by atoms with Crippen molar-refractivity contribution in [1.82, 2.24) is 5.32 Å². The number of hydrogen-bond donors (Lipinski definition) is 2. The number of carbonyl (C=O) groups excluding carboxylic acids is 2. The van der Waals surface area contributed by atoms with Crippen molar-refractivity contribution >= 4 is 17.7 Å². The standard InChI is InChI=1S/C21H26N2O3/c1-3-5-15-26-20(24)17-11-13-18(14-12-17)22-21(25)23-19(4-2)16-9-7-6-8-10-16/h6-14,19H,3-5,15H2,1-2H3,(H2,22,23,25). The van der Waals surface area contributed by atoms with Gasteiger partial charge in [-0.2, -0.15) is 0 Å². The van der Waals surface area contributed by atoms with Gasteiger partial charge in [-0.05, 0) is 42.7 Å². The monoisotopic (exact) mass is 354 g/mol. The molecule has 0 saturated carbocycles. The Morgan fingerprint density at radius 1 is 1.00 bits per heavy atom. The van der Waals surface area contributed by atoms with Gasteiger partial charge < -0.3 is 15.4 Å². The van der Waals surface area contributed by atoms with E-state index >= 15 is 0 Å². The molecule has 138 valence electrons. The normalized spacial score (nSPS) is 11.5. The molecular weight excluding hydrogens is 328 g/mol. The molecule has 0 spiro atoms. The number of carbonyl (C=O) groups is 2. The SMILES string of the molecule is CCCCOC(=O)c1ccc(NC(=O)NC(CC)c2ccccc2)cc1. The Hall–Kier alpha value is -2.82. The third kappa shape index (κ3) is 5.92. The van der Waals surface area contributed by atoms with Crippen LogP contribution in [0.15, 0.2) is 54.6 Å². The van der Waals surface area contributed by atoms with Gasteiger partial charge in [-0.25, -0.2) is 9.59 Å². The molecule has 0 aromatic heterocycles. The van der Waals surface area contributed by atoms with Gasteiger partial charge in [0.15, 0.2) is 0 Å². The number of ether oxygens (including phenoxy) is 1. The fourth-order valence-electron chi connectivity index (χ4n) is 2.51. The molecule has 0 aliphatic carbocycles. The molecule has 0 bridgehead atoms. The first-order chi connectivity index (χ1) is 12.6. The average Bonchev–Trinajstić information content (AvgIpc) is 2.67. The highest BCUT2D eigenvalue weighted by Gasteiger charge is 2.13. The number of amides is 2. The number of unbranched alkanes of at least 4 members (excludes halogenated alkanes) is 1. The summed E-state index contributed by atoms with van der Waals surface area (Å²) in [7, 11) is 0. The van der Waals surface area contributed by atoms with Gasteiger partial charge in [0.1, 0.15) is 0 Å². The van der Waals surface area contributed by atoms with Crippen molar-refractivity contribution in [2.75, 3.05) is 11.9 Å². The Morgan fingerprint density at radius 2 is 1.69 bits per heavy atom. The minimum atomic E-state index is -0.343. The molecule has 0 radical (unpaired) electrons. The Bertz CT molecular complexity index is 699. The highest BCUT2D eigenvalue weighted by atomic mass is 16.5. The second-order valence-electron chi connectivity index (χ2n) is 6.04. The molecule has 26 heavy (non-hydrogen) atoms. The highest BCUT2D eigenvalue weighted by Crippen LogP contribution is 2.16. The average molecular weight is 354 g/mol. The number of nitrogens with one attached hydrogen (secondary N) is 2. The second-order valence-corrected chi connectivity index (χ2v) is 6.04.